The molecule has 0 aromatic carbocycles. The van der Waals surface area contributed by atoms with Crippen LogP contribution < -0.4 is 0 Å². The van der Waals surface area contributed by atoms with Crippen LogP contribution in [0.3, 0.4) is 0 Å². The third-order valence-corrected chi connectivity index (χ3v) is 11.4. The largest absolute Gasteiger partial charge is 0.393 e. The van der Waals surface area contributed by atoms with Crippen molar-refractivity contribution in [2.75, 3.05) is 0 Å². The molecule has 0 aromatic heterocycles. The second kappa shape index (κ2) is 8.03. The lowest BCUT2D eigenvalue weighted by Crippen LogP contribution is -2.53. The van der Waals surface area contributed by atoms with Gasteiger partial charge in [0.2, 0.25) is 0 Å². The van der Waals surface area contributed by atoms with E-state index in [-0.39, 0.29) is 11.5 Å². The lowest BCUT2D eigenvalue weighted by molar-refractivity contribution is -0.0931. The Labute approximate surface area is 193 Å². The first kappa shape index (κ1) is 23.6. The van der Waals surface area contributed by atoms with E-state index in [2.05, 4.69) is 55.0 Å². The fourth-order valence-corrected chi connectivity index (χ4v) is 9.16. The first-order valence-corrected chi connectivity index (χ1v) is 13.5. The van der Waals surface area contributed by atoms with Crippen LogP contribution in [0.5, 0.6) is 0 Å². The van der Waals surface area contributed by atoms with Crippen molar-refractivity contribution in [1.82, 2.24) is 0 Å². The molecule has 0 aromatic rings. The standard InChI is InChI=1S/C30H50O/c1-19(2)20(3)9-10-21(4)23-12-13-24-22-11-14-26-28(5,6)27(31)16-18-30(26,8)25(22)15-17-29(23,24)7/h19,21,23-24,26-27,31H,3,9-18H2,1-2,4-8H3/t21-,23-,24+,26+,27+,29-,30-/m1/s1. The van der Waals surface area contributed by atoms with Crippen molar-refractivity contribution < 1.29 is 5.11 Å². The van der Waals surface area contributed by atoms with E-state index in [1.807, 2.05) is 11.1 Å². The number of allylic oxidation sites excluding steroid dienone is 3. The molecule has 176 valence electrons. The summed E-state index contributed by atoms with van der Waals surface area (Å²) in [5.41, 5.74) is 6.07. The van der Waals surface area contributed by atoms with Gasteiger partial charge in [-0.15, -0.1) is 0 Å². The fraction of sp³-hybridized carbons (Fsp3) is 0.867. The molecule has 1 heteroatoms. The molecule has 4 aliphatic carbocycles. The number of aliphatic hydroxyl groups is 1. The quantitative estimate of drug-likeness (QED) is 0.438. The van der Waals surface area contributed by atoms with Gasteiger partial charge in [-0.2, -0.15) is 0 Å². The van der Waals surface area contributed by atoms with E-state index in [4.69, 9.17) is 0 Å². The topological polar surface area (TPSA) is 20.2 Å². The summed E-state index contributed by atoms with van der Waals surface area (Å²) in [5, 5.41) is 10.8. The second-order valence-corrected chi connectivity index (χ2v) is 13.5. The normalized spacial score (nSPS) is 42.7. The summed E-state index contributed by atoms with van der Waals surface area (Å²) in [6, 6.07) is 0. The van der Waals surface area contributed by atoms with E-state index in [1.54, 1.807) is 0 Å². The van der Waals surface area contributed by atoms with E-state index < -0.39 is 0 Å². The minimum atomic E-state index is -0.126. The van der Waals surface area contributed by atoms with Gasteiger partial charge >= 0.3 is 0 Å². The summed E-state index contributed by atoms with van der Waals surface area (Å²) in [6.07, 6.45) is 12.7. The highest BCUT2D eigenvalue weighted by molar-refractivity contribution is 5.35. The number of hydrogen-bond acceptors (Lipinski definition) is 1. The van der Waals surface area contributed by atoms with Crippen LogP contribution in [0.4, 0.5) is 0 Å². The summed E-state index contributed by atoms with van der Waals surface area (Å²) in [5.74, 6) is 3.77. The van der Waals surface area contributed by atoms with Gasteiger partial charge in [0.15, 0.2) is 0 Å². The molecule has 1 N–H and O–H groups in total. The summed E-state index contributed by atoms with van der Waals surface area (Å²) in [4.78, 5) is 0. The number of aliphatic hydroxyl groups excluding tert-OH is 1. The third-order valence-electron chi connectivity index (χ3n) is 11.4. The summed E-state index contributed by atoms with van der Waals surface area (Å²) in [6.45, 7) is 21.4. The predicted molar refractivity (Wildman–Crippen MR) is 133 cm³/mol. The minimum absolute atomic E-state index is 0.0534. The Morgan fingerprint density at radius 1 is 1.00 bits per heavy atom. The van der Waals surface area contributed by atoms with Gasteiger partial charge in [-0.3, -0.25) is 0 Å². The maximum absolute atomic E-state index is 10.8. The Kier molecular flexibility index (Phi) is 6.11. The van der Waals surface area contributed by atoms with Crippen molar-refractivity contribution in [1.29, 1.82) is 0 Å². The maximum Gasteiger partial charge on any atom is 0.0594 e. The zero-order valence-corrected chi connectivity index (χ0v) is 21.7. The van der Waals surface area contributed by atoms with Crippen LogP contribution in [0.25, 0.3) is 0 Å². The van der Waals surface area contributed by atoms with Gasteiger partial charge in [-0.25, -0.2) is 0 Å². The Morgan fingerprint density at radius 2 is 1.71 bits per heavy atom. The van der Waals surface area contributed by atoms with Gasteiger partial charge < -0.3 is 5.11 Å². The molecule has 7 atom stereocenters. The Hall–Kier alpha value is -0.560. The molecule has 0 saturated heterocycles. The molecule has 0 spiro atoms. The molecule has 2 fully saturated rings. The van der Waals surface area contributed by atoms with Crippen LogP contribution in [0.1, 0.15) is 113 Å². The van der Waals surface area contributed by atoms with E-state index in [9.17, 15) is 5.11 Å². The zero-order chi connectivity index (χ0) is 22.8. The van der Waals surface area contributed by atoms with Gasteiger partial charge in [0.25, 0.3) is 0 Å². The maximum atomic E-state index is 10.8. The minimum Gasteiger partial charge on any atom is -0.393 e. The van der Waals surface area contributed by atoms with E-state index in [0.717, 1.165) is 24.2 Å². The van der Waals surface area contributed by atoms with E-state index in [1.165, 1.54) is 63.4 Å². The highest BCUT2D eigenvalue weighted by Gasteiger charge is 2.59. The highest BCUT2D eigenvalue weighted by atomic mass is 16.3. The summed E-state index contributed by atoms with van der Waals surface area (Å²) in [7, 11) is 0. The lowest BCUT2D eigenvalue weighted by atomic mass is 9.46. The van der Waals surface area contributed by atoms with Gasteiger partial charge in [-0.05, 0) is 110 Å². The van der Waals surface area contributed by atoms with Crippen LogP contribution in [0.2, 0.25) is 0 Å². The SMILES string of the molecule is C=C(CC[C@@H](C)[C@H]1CC[C@H]2C3=C(CC[C@]12C)[C@@]1(C)CC[C@H](O)C(C)(C)[C@@H]1CC3)C(C)C. The molecule has 1 nitrogen and oxygen atoms in total. The molecule has 0 heterocycles. The van der Waals surface area contributed by atoms with E-state index in [0.29, 0.717) is 22.7 Å². The van der Waals surface area contributed by atoms with Gasteiger partial charge in [-0.1, -0.05) is 71.8 Å². The number of fused-ring (bicyclic) bond motifs is 4. The molecular formula is C30H50O. The Balaban J connectivity index is 1.56. The van der Waals surface area contributed by atoms with Crippen molar-refractivity contribution >= 4 is 0 Å². The monoisotopic (exact) mass is 426 g/mol. The molecule has 0 unspecified atom stereocenters. The molecule has 31 heavy (non-hydrogen) atoms. The Bertz CT molecular complexity index is 742. The van der Waals surface area contributed by atoms with Crippen molar-refractivity contribution in [2.45, 2.75) is 119 Å². The van der Waals surface area contributed by atoms with E-state index >= 15 is 0 Å². The first-order chi connectivity index (χ1) is 14.4. The van der Waals surface area contributed by atoms with Crippen molar-refractivity contribution in [3.8, 4) is 0 Å². The van der Waals surface area contributed by atoms with Gasteiger partial charge in [0.1, 0.15) is 0 Å². The Morgan fingerprint density at radius 3 is 2.39 bits per heavy atom. The van der Waals surface area contributed by atoms with Gasteiger partial charge in [0.05, 0.1) is 6.10 Å². The molecule has 2 saturated carbocycles. The van der Waals surface area contributed by atoms with Crippen LogP contribution in [-0.4, -0.2) is 11.2 Å². The molecule has 0 aliphatic heterocycles. The first-order valence-electron chi connectivity index (χ1n) is 13.5. The van der Waals surface area contributed by atoms with Crippen molar-refractivity contribution in [2.24, 2.45) is 45.8 Å². The predicted octanol–water partition coefficient (Wildman–Crippen LogP) is 8.34. The molecule has 0 bridgehead atoms. The molecule has 0 radical (unpaired) electrons. The van der Waals surface area contributed by atoms with Crippen LogP contribution >= 0.6 is 0 Å². The number of hydrogen-bond donors (Lipinski definition) is 1. The van der Waals surface area contributed by atoms with Gasteiger partial charge in [0, 0.05) is 0 Å². The molecule has 4 aliphatic rings. The highest BCUT2D eigenvalue weighted by Crippen LogP contribution is 2.68. The van der Waals surface area contributed by atoms with Crippen molar-refractivity contribution in [3.63, 3.8) is 0 Å². The van der Waals surface area contributed by atoms with Crippen LogP contribution in [0.15, 0.2) is 23.3 Å². The summed E-state index contributed by atoms with van der Waals surface area (Å²) >= 11 is 0. The smallest absolute Gasteiger partial charge is 0.0594 e. The fourth-order valence-electron chi connectivity index (χ4n) is 9.16. The second-order valence-electron chi connectivity index (χ2n) is 13.5. The average Bonchev–Trinajstić information content (AvgIpc) is 3.06. The third kappa shape index (κ3) is 3.60. The summed E-state index contributed by atoms with van der Waals surface area (Å²) < 4.78 is 0. The van der Waals surface area contributed by atoms with Crippen LogP contribution in [-0.2, 0) is 0 Å². The zero-order valence-electron chi connectivity index (χ0n) is 21.7. The average molecular weight is 427 g/mol. The molecule has 0 amide bonds. The lowest BCUT2D eigenvalue weighted by Gasteiger charge is -2.60. The molecule has 4 rings (SSSR count). The molecular weight excluding hydrogens is 376 g/mol. The van der Waals surface area contributed by atoms with Crippen LogP contribution in [0, 0.1) is 45.8 Å². The number of rotatable bonds is 5. The van der Waals surface area contributed by atoms with Crippen molar-refractivity contribution in [3.05, 3.63) is 23.3 Å².